The Hall–Kier alpha value is -3.66. The van der Waals surface area contributed by atoms with E-state index in [4.69, 9.17) is 5.11 Å². The largest absolute Gasteiger partial charge is 0.478 e. The molecule has 1 aliphatic carbocycles. The van der Waals surface area contributed by atoms with Gasteiger partial charge in [-0.3, -0.25) is 4.79 Å². The molecule has 1 aliphatic rings. The maximum absolute atomic E-state index is 12.9. The van der Waals surface area contributed by atoms with Gasteiger partial charge in [-0.25, -0.2) is 4.79 Å². The van der Waals surface area contributed by atoms with Crippen LogP contribution in [-0.4, -0.2) is 17.0 Å². The molecule has 2 N–H and O–H groups in total. The summed E-state index contributed by atoms with van der Waals surface area (Å²) in [4.78, 5) is 23.9. The van der Waals surface area contributed by atoms with Crippen LogP contribution in [0.15, 0.2) is 78.9 Å². The molecule has 0 heterocycles. The number of fused-ring (bicyclic) bond motifs is 1. The first-order chi connectivity index (χ1) is 14.3. The summed E-state index contributed by atoms with van der Waals surface area (Å²) < 4.78 is 0. The molecule has 3 aromatic rings. The number of benzene rings is 3. The first-order valence-corrected chi connectivity index (χ1v) is 9.90. The molecule has 0 bridgehead atoms. The second-order valence-electron chi connectivity index (χ2n) is 8.17. The van der Waals surface area contributed by atoms with Crippen LogP contribution in [0.25, 0.3) is 5.57 Å². The Morgan fingerprint density at radius 2 is 1.57 bits per heavy atom. The number of allylic oxidation sites excluding steroid dienone is 1. The van der Waals surface area contributed by atoms with Crippen molar-refractivity contribution in [3.8, 4) is 0 Å². The number of carbonyl (C=O) groups is 2. The zero-order valence-corrected chi connectivity index (χ0v) is 17.0. The van der Waals surface area contributed by atoms with Crippen LogP contribution in [0.1, 0.15) is 57.7 Å². The Morgan fingerprint density at radius 3 is 2.23 bits per heavy atom. The van der Waals surface area contributed by atoms with Crippen LogP contribution in [0.2, 0.25) is 0 Å². The molecule has 0 spiro atoms. The molecule has 0 saturated carbocycles. The fourth-order valence-corrected chi connectivity index (χ4v) is 3.87. The Morgan fingerprint density at radius 1 is 0.900 bits per heavy atom. The third kappa shape index (κ3) is 3.77. The van der Waals surface area contributed by atoms with Crippen molar-refractivity contribution < 1.29 is 14.7 Å². The molecule has 0 unspecified atom stereocenters. The van der Waals surface area contributed by atoms with E-state index >= 15 is 0 Å². The number of hydrogen-bond donors (Lipinski definition) is 2. The predicted octanol–water partition coefficient (Wildman–Crippen LogP) is 5.75. The standard InChI is InChI=1S/C26H23NO3/c1-26(2)15-14-21(17-6-4-3-5-7-17)22-16-19(10-13-23(22)26)24(28)27-20-11-8-18(9-12-20)25(29)30/h3-14,16H,15H2,1-2H3,(H,27,28)(H,29,30). The van der Waals surface area contributed by atoms with Gasteiger partial charge in [-0.1, -0.05) is 56.3 Å². The van der Waals surface area contributed by atoms with Crippen LogP contribution >= 0.6 is 0 Å². The molecule has 30 heavy (non-hydrogen) atoms. The van der Waals surface area contributed by atoms with Gasteiger partial charge in [-0.15, -0.1) is 0 Å². The van der Waals surface area contributed by atoms with Gasteiger partial charge in [0.2, 0.25) is 0 Å². The van der Waals surface area contributed by atoms with Crippen molar-refractivity contribution in [2.24, 2.45) is 0 Å². The Bertz CT molecular complexity index is 1140. The molecule has 0 fully saturated rings. The normalized spacial score (nSPS) is 14.4. The molecular formula is C26H23NO3. The van der Waals surface area contributed by atoms with Crippen molar-refractivity contribution in [3.63, 3.8) is 0 Å². The molecule has 0 saturated heterocycles. The van der Waals surface area contributed by atoms with Crippen molar-refractivity contribution in [2.75, 3.05) is 5.32 Å². The molecule has 1 amide bonds. The lowest BCUT2D eigenvalue weighted by atomic mass is 9.72. The molecule has 4 rings (SSSR count). The molecule has 0 atom stereocenters. The minimum atomic E-state index is -0.995. The Kier molecular flexibility index (Phi) is 5.00. The number of carboxylic acid groups (broad SMARTS) is 1. The van der Waals surface area contributed by atoms with Crippen molar-refractivity contribution in [1.82, 2.24) is 0 Å². The van der Waals surface area contributed by atoms with Gasteiger partial charge in [-0.2, -0.15) is 0 Å². The average Bonchev–Trinajstić information content (AvgIpc) is 2.74. The van der Waals surface area contributed by atoms with E-state index < -0.39 is 5.97 Å². The van der Waals surface area contributed by atoms with Crippen molar-refractivity contribution in [2.45, 2.75) is 25.7 Å². The van der Waals surface area contributed by atoms with Crippen molar-refractivity contribution in [3.05, 3.63) is 107 Å². The van der Waals surface area contributed by atoms with Gasteiger partial charge in [0.05, 0.1) is 5.56 Å². The van der Waals surface area contributed by atoms with Crippen LogP contribution in [0.5, 0.6) is 0 Å². The maximum atomic E-state index is 12.9. The van der Waals surface area contributed by atoms with E-state index in [0.717, 1.165) is 23.1 Å². The lowest BCUT2D eigenvalue weighted by Crippen LogP contribution is -2.23. The SMILES string of the molecule is CC1(C)CC=C(c2ccccc2)c2cc(C(=O)Nc3ccc(C(=O)O)cc3)ccc21. The zero-order valence-electron chi connectivity index (χ0n) is 17.0. The molecule has 3 aromatic carbocycles. The zero-order chi connectivity index (χ0) is 21.3. The Labute approximate surface area is 175 Å². The average molecular weight is 397 g/mol. The molecule has 4 heteroatoms. The highest BCUT2D eigenvalue weighted by Gasteiger charge is 2.29. The number of carbonyl (C=O) groups excluding carboxylic acids is 1. The minimum absolute atomic E-state index is 0.00468. The summed E-state index contributed by atoms with van der Waals surface area (Å²) in [6.45, 7) is 4.43. The highest BCUT2D eigenvalue weighted by molar-refractivity contribution is 6.05. The summed E-state index contributed by atoms with van der Waals surface area (Å²) in [6, 6.07) is 22.2. The Balaban J connectivity index is 1.67. The highest BCUT2D eigenvalue weighted by atomic mass is 16.4. The number of aromatic carboxylic acids is 1. The summed E-state index contributed by atoms with van der Waals surface area (Å²) in [5, 5.41) is 11.9. The van der Waals surface area contributed by atoms with Gasteiger partial charge in [-0.05, 0) is 70.5 Å². The molecule has 0 aromatic heterocycles. The molecule has 0 aliphatic heterocycles. The van der Waals surface area contributed by atoms with E-state index in [-0.39, 0.29) is 16.9 Å². The van der Waals surface area contributed by atoms with E-state index in [1.165, 1.54) is 17.7 Å². The van der Waals surface area contributed by atoms with E-state index in [9.17, 15) is 9.59 Å². The first kappa shape index (κ1) is 19.6. The number of anilines is 1. The van der Waals surface area contributed by atoms with E-state index in [1.54, 1.807) is 12.1 Å². The van der Waals surface area contributed by atoms with Gasteiger partial charge < -0.3 is 10.4 Å². The maximum Gasteiger partial charge on any atom is 0.335 e. The molecule has 4 nitrogen and oxygen atoms in total. The summed E-state index contributed by atoms with van der Waals surface area (Å²) in [7, 11) is 0. The fourth-order valence-electron chi connectivity index (χ4n) is 3.87. The number of carboxylic acids is 1. The highest BCUT2D eigenvalue weighted by Crippen LogP contribution is 2.41. The molecule has 150 valence electrons. The lowest BCUT2D eigenvalue weighted by molar-refractivity contribution is 0.0696. The monoisotopic (exact) mass is 397 g/mol. The number of nitrogens with one attached hydrogen (secondary N) is 1. The summed E-state index contributed by atoms with van der Waals surface area (Å²) in [5.74, 6) is -1.22. The van der Waals surface area contributed by atoms with Crippen LogP contribution in [0, 0.1) is 0 Å². The lowest BCUT2D eigenvalue weighted by Gasteiger charge is -2.32. The van der Waals surface area contributed by atoms with E-state index in [0.29, 0.717) is 11.3 Å². The summed E-state index contributed by atoms with van der Waals surface area (Å²) in [6.07, 6.45) is 3.19. The van der Waals surface area contributed by atoms with Gasteiger partial charge >= 0.3 is 5.97 Å². The van der Waals surface area contributed by atoms with Gasteiger partial charge in [0.15, 0.2) is 0 Å². The minimum Gasteiger partial charge on any atom is -0.478 e. The third-order valence-corrected chi connectivity index (χ3v) is 5.59. The second kappa shape index (κ2) is 7.64. The number of hydrogen-bond acceptors (Lipinski definition) is 2. The van der Waals surface area contributed by atoms with Crippen LogP contribution < -0.4 is 5.32 Å². The smallest absolute Gasteiger partial charge is 0.335 e. The van der Waals surface area contributed by atoms with Crippen molar-refractivity contribution in [1.29, 1.82) is 0 Å². The summed E-state index contributed by atoms with van der Waals surface area (Å²) >= 11 is 0. The topological polar surface area (TPSA) is 66.4 Å². The quantitative estimate of drug-likeness (QED) is 0.589. The van der Waals surface area contributed by atoms with Gasteiger partial charge in [0, 0.05) is 11.3 Å². The fraction of sp³-hybridized carbons (Fsp3) is 0.154. The predicted molar refractivity (Wildman–Crippen MR) is 119 cm³/mol. The summed E-state index contributed by atoms with van der Waals surface area (Å²) in [5.41, 5.74) is 5.88. The van der Waals surface area contributed by atoms with Crippen LogP contribution in [-0.2, 0) is 5.41 Å². The van der Waals surface area contributed by atoms with Crippen LogP contribution in [0.4, 0.5) is 5.69 Å². The van der Waals surface area contributed by atoms with Crippen molar-refractivity contribution >= 4 is 23.1 Å². The van der Waals surface area contributed by atoms with Gasteiger partial charge in [0.25, 0.3) is 5.91 Å². The van der Waals surface area contributed by atoms with Gasteiger partial charge in [0.1, 0.15) is 0 Å². The van der Waals surface area contributed by atoms with E-state index in [2.05, 4.69) is 37.4 Å². The number of amides is 1. The first-order valence-electron chi connectivity index (χ1n) is 9.90. The molecular weight excluding hydrogens is 374 g/mol. The second-order valence-corrected chi connectivity index (χ2v) is 8.17. The van der Waals surface area contributed by atoms with E-state index in [1.807, 2.05) is 36.4 Å². The molecule has 0 radical (unpaired) electrons. The van der Waals surface area contributed by atoms with Crippen LogP contribution in [0.3, 0.4) is 0 Å². The third-order valence-electron chi connectivity index (χ3n) is 5.59. The number of rotatable bonds is 4.